The van der Waals surface area contributed by atoms with Gasteiger partial charge in [0, 0.05) is 12.0 Å². The Kier molecular flexibility index (Phi) is 8.46. The second-order valence-electron chi connectivity index (χ2n) is 10.2. The van der Waals surface area contributed by atoms with Crippen molar-refractivity contribution in [3.05, 3.63) is 70.5 Å². The van der Waals surface area contributed by atoms with E-state index in [0.29, 0.717) is 37.0 Å². The number of nitrogens with two attached hydrogens (primary N) is 1. The van der Waals surface area contributed by atoms with E-state index in [1.54, 1.807) is 19.1 Å². The van der Waals surface area contributed by atoms with Crippen LogP contribution < -0.4 is 11.1 Å². The summed E-state index contributed by atoms with van der Waals surface area (Å²) in [7, 11) is 0. The maximum Gasteiger partial charge on any atom is 0.416 e. The van der Waals surface area contributed by atoms with Crippen molar-refractivity contribution >= 4 is 18.3 Å². The van der Waals surface area contributed by atoms with Crippen molar-refractivity contribution in [3.8, 4) is 0 Å². The van der Waals surface area contributed by atoms with Gasteiger partial charge in [0.25, 0.3) is 0 Å². The molecule has 4 rings (SSSR count). The number of ether oxygens (including phenoxy) is 1. The maximum atomic E-state index is 13.6. The summed E-state index contributed by atoms with van der Waals surface area (Å²) in [5, 5.41) is 2.91. The molecule has 12 heteroatoms. The van der Waals surface area contributed by atoms with E-state index in [1.165, 1.54) is 19.1 Å². The summed E-state index contributed by atoms with van der Waals surface area (Å²) < 4.78 is 99.9. The number of nitrogens with one attached hydrogen (secondary N) is 1. The van der Waals surface area contributed by atoms with Gasteiger partial charge in [-0.1, -0.05) is 12.1 Å². The Labute approximate surface area is 221 Å². The lowest BCUT2D eigenvalue weighted by molar-refractivity contribution is -0.143. The number of carbonyl (C=O) groups excluding carboxylic acids is 1. The minimum absolute atomic E-state index is 0. The van der Waals surface area contributed by atoms with Gasteiger partial charge in [0.2, 0.25) is 5.91 Å². The fourth-order valence-corrected chi connectivity index (χ4v) is 5.49. The SMILES string of the molecule is C[C@@H](O[C@H]1CC[C@@H]([C@H]2C[C@@](C)(N)C(=O)N2)[C@@H]1c1ccc(F)cc1)c1cc(C(F)(F)F)cc(C(F)(F)F)c1.Cl. The molecule has 4 nitrogen and oxygen atoms in total. The van der Waals surface area contributed by atoms with Crippen LogP contribution >= 0.6 is 12.4 Å². The summed E-state index contributed by atoms with van der Waals surface area (Å²) >= 11 is 0. The Bertz CT molecular complexity index is 1120. The quantitative estimate of drug-likeness (QED) is 0.403. The lowest BCUT2D eigenvalue weighted by atomic mass is 9.81. The van der Waals surface area contributed by atoms with Crippen molar-refractivity contribution in [1.29, 1.82) is 0 Å². The summed E-state index contributed by atoms with van der Waals surface area (Å²) in [5.41, 5.74) is 2.63. The molecule has 210 valence electrons. The zero-order chi connectivity index (χ0) is 27.3. The summed E-state index contributed by atoms with van der Waals surface area (Å²) in [6.45, 7) is 3.02. The largest absolute Gasteiger partial charge is 0.416 e. The molecule has 2 aromatic carbocycles. The van der Waals surface area contributed by atoms with E-state index in [9.17, 15) is 35.5 Å². The predicted octanol–water partition coefficient (Wildman–Crippen LogP) is 6.53. The molecule has 3 N–H and O–H groups in total. The molecule has 2 aromatic rings. The fourth-order valence-electron chi connectivity index (χ4n) is 5.49. The Morgan fingerprint density at radius 2 is 1.55 bits per heavy atom. The minimum atomic E-state index is -4.97. The van der Waals surface area contributed by atoms with Gasteiger partial charge in [0.1, 0.15) is 5.82 Å². The number of hydrogen-bond donors (Lipinski definition) is 2. The zero-order valence-electron chi connectivity index (χ0n) is 20.5. The maximum absolute atomic E-state index is 13.6. The highest BCUT2D eigenvalue weighted by Gasteiger charge is 2.49. The Hall–Kier alpha value is -2.37. The van der Waals surface area contributed by atoms with Crippen molar-refractivity contribution in [1.82, 2.24) is 5.32 Å². The van der Waals surface area contributed by atoms with Gasteiger partial charge < -0.3 is 15.8 Å². The first kappa shape index (κ1) is 30.2. The molecule has 1 amide bonds. The van der Waals surface area contributed by atoms with Crippen LogP contribution in [0.1, 0.15) is 67.4 Å². The van der Waals surface area contributed by atoms with Gasteiger partial charge in [-0.05, 0) is 80.5 Å². The van der Waals surface area contributed by atoms with Crippen LogP contribution in [0.4, 0.5) is 30.7 Å². The molecular formula is C26H28ClF7N2O2. The topological polar surface area (TPSA) is 64.3 Å². The number of amides is 1. The first-order chi connectivity index (χ1) is 17.1. The van der Waals surface area contributed by atoms with Gasteiger partial charge in [-0.15, -0.1) is 12.4 Å². The van der Waals surface area contributed by atoms with Crippen molar-refractivity contribution in [2.75, 3.05) is 0 Å². The molecule has 1 saturated heterocycles. The normalized spacial score (nSPS) is 28.6. The van der Waals surface area contributed by atoms with Crippen LogP contribution in [0, 0.1) is 11.7 Å². The third-order valence-electron chi connectivity index (χ3n) is 7.36. The van der Waals surface area contributed by atoms with E-state index < -0.39 is 53.0 Å². The van der Waals surface area contributed by atoms with Gasteiger partial charge in [0.15, 0.2) is 0 Å². The van der Waals surface area contributed by atoms with Crippen LogP contribution in [0.25, 0.3) is 0 Å². The summed E-state index contributed by atoms with van der Waals surface area (Å²) in [4.78, 5) is 12.3. The van der Waals surface area contributed by atoms with Crippen molar-refractivity contribution in [2.24, 2.45) is 11.7 Å². The van der Waals surface area contributed by atoms with Crippen molar-refractivity contribution < 1.29 is 40.3 Å². The third kappa shape index (κ3) is 6.26. The highest BCUT2D eigenvalue weighted by atomic mass is 35.5. The molecule has 1 heterocycles. The molecule has 1 aliphatic heterocycles. The average Bonchev–Trinajstić information content (AvgIpc) is 3.32. The Morgan fingerprint density at radius 3 is 2.03 bits per heavy atom. The molecule has 1 aliphatic carbocycles. The molecular weight excluding hydrogens is 541 g/mol. The van der Waals surface area contributed by atoms with E-state index in [1.807, 2.05) is 0 Å². The van der Waals surface area contributed by atoms with Crippen LogP contribution in [0.2, 0.25) is 0 Å². The summed E-state index contributed by atoms with van der Waals surface area (Å²) in [6.07, 6.45) is -10.3. The number of hydrogen-bond acceptors (Lipinski definition) is 3. The zero-order valence-corrected chi connectivity index (χ0v) is 21.3. The first-order valence-corrected chi connectivity index (χ1v) is 11.9. The Morgan fingerprint density at radius 1 is 1.00 bits per heavy atom. The highest BCUT2D eigenvalue weighted by molar-refractivity contribution is 5.88. The van der Waals surface area contributed by atoms with Crippen LogP contribution in [0.15, 0.2) is 42.5 Å². The van der Waals surface area contributed by atoms with Gasteiger partial charge in [-0.2, -0.15) is 26.3 Å². The Balaban J connectivity index is 0.00000400. The molecule has 6 atom stereocenters. The van der Waals surface area contributed by atoms with Gasteiger partial charge >= 0.3 is 12.4 Å². The molecule has 38 heavy (non-hydrogen) atoms. The molecule has 0 unspecified atom stereocenters. The van der Waals surface area contributed by atoms with Gasteiger partial charge in [-0.3, -0.25) is 4.79 Å². The van der Waals surface area contributed by atoms with Crippen molar-refractivity contribution in [3.63, 3.8) is 0 Å². The lowest BCUT2D eigenvalue weighted by Crippen LogP contribution is -2.43. The van der Waals surface area contributed by atoms with E-state index in [4.69, 9.17) is 10.5 Å². The predicted molar refractivity (Wildman–Crippen MR) is 128 cm³/mol. The number of alkyl halides is 6. The number of benzene rings is 2. The number of halogens is 8. The molecule has 0 aromatic heterocycles. The molecule has 2 aliphatic rings. The van der Waals surface area contributed by atoms with E-state index in [2.05, 4.69) is 5.32 Å². The molecule has 0 bridgehead atoms. The monoisotopic (exact) mass is 568 g/mol. The standard InChI is InChI=1S/C26H27F7N2O2.ClH/c1-13(15-9-16(25(28,29)30)11-17(10-15)26(31,32)33)37-21-8-7-19(20-12-24(2,34)23(36)35-20)22(21)14-3-5-18(27)6-4-14;/h3-6,9-11,13,19-22H,7-8,12,34H2,1-2H3,(H,35,36);1H/t13-,19+,20-,21+,22+,24-;/m1./s1. The van der Waals surface area contributed by atoms with E-state index in [-0.39, 0.29) is 41.9 Å². The second-order valence-corrected chi connectivity index (χ2v) is 10.2. The summed E-state index contributed by atoms with van der Waals surface area (Å²) in [6, 6.07) is 6.78. The lowest BCUT2D eigenvalue weighted by Gasteiger charge is -2.31. The van der Waals surface area contributed by atoms with Crippen LogP contribution in [0.5, 0.6) is 0 Å². The summed E-state index contributed by atoms with van der Waals surface area (Å²) in [5.74, 6) is -1.34. The van der Waals surface area contributed by atoms with Crippen LogP contribution in [0.3, 0.4) is 0 Å². The van der Waals surface area contributed by atoms with Crippen LogP contribution in [-0.2, 0) is 21.9 Å². The third-order valence-corrected chi connectivity index (χ3v) is 7.36. The van der Waals surface area contributed by atoms with Crippen molar-refractivity contribution in [2.45, 2.75) is 75.2 Å². The van der Waals surface area contributed by atoms with Gasteiger partial charge in [-0.25, -0.2) is 4.39 Å². The molecule has 0 radical (unpaired) electrons. The number of rotatable bonds is 5. The average molecular weight is 569 g/mol. The second kappa shape index (κ2) is 10.7. The highest BCUT2D eigenvalue weighted by Crippen LogP contribution is 2.47. The molecule has 2 fully saturated rings. The first-order valence-electron chi connectivity index (χ1n) is 11.9. The number of carbonyl (C=O) groups is 1. The minimum Gasteiger partial charge on any atom is -0.370 e. The molecule has 0 spiro atoms. The van der Waals surface area contributed by atoms with Crippen LogP contribution in [-0.4, -0.2) is 23.6 Å². The van der Waals surface area contributed by atoms with Gasteiger partial charge in [0.05, 0.1) is 28.9 Å². The fraction of sp³-hybridized carbons (Fsp3) is 0.500. The van der Waals surface area contributed by atoms with E-state index in [0.717, 1.165) is 0 Å². The molecule has 1 saturated carbocycles. The smallest absolute Gasteiger partial charge is 0.370 e. The van der Waals surface area contributed by atoms with E-state index >= 15 is 0 Å².